The molecule has 0 atom stereocenters. The molecule has 1 aliphatic rings. The first-order valence-corrected chi connectivity index (χ1v) is 7.07. The molecule has 1 aliphatic heterocycles. The Hall–Kier alpha value is -1.27. The van der Waals surface area contributed by atoms with Gasteiger partial charge in [0.2, 0.25) is 5.91 Å². The lowest BCUT2D eigenvalue weighted by Crippen LogP contribution is -2.35. The molecule has 5 nitrogen and oxygen atoms in total. The Morgan fingerprint density at radius 3 is 3.22 bits per heavy atom. The predicted octanol–water partition coefficient (Wildman–Crippen LogP) is 0.578. The maximum atomic E-state index is 12.1. The molecular weight excluding hydrogens is 248 g/mol. The van der Waals surface area contributed by atoms with Gasteiger partial charge in [0.15, 0.2) is 0 Å². The van der Waals surface area contributed by atoms with Gasteiger partial charge in [-0.25, -0.2) is 0 Å². The molecule has 1 saturated heterocycles. The molecule has 1 fully saturated rings. The van der Waals surface area contributed by atoms with E-state index < -0.39 is 0 Å². The molecule has 0 spiro atoms. The van der Waals surface area contributed by atoms with Crippen LogP contribution in [0.3, 0.4) is 0 Å². The second-order valence-corrected chi connectivity index (χ2v) is 5.20. The lowest BCUT2D eigenvalue weighted by atomic mass is 10.4. The zero-order chi connectivity index (χ0) is 12.8. The van der Waals surface area contributed by atoms with Gasteiger partial charge < -0.3 is 16.0 Å². The number of aromatic nitrogens is 1. The summed E-state index contributed by atoms with van der Waals surface area (Å²) in [6.07, 6.45) is 4.33. The van der Waals surface area contributed by atoms with Crippen molar-refractivity contribution in [2.45, 2.75) is 11.3 Å². The molecule has 18 heavy (non-hydrogen) atoms. The van der Waals surface area contributed by atoms with E-state index in [1.807, 2.05) is 11.0 Å². The molecule has 2 rings (SSSR count). The highest BCUT2D eigenvalue weighted by Gasteiger charge is 2.15. The number of amides is 1. The molecule has 1 amide bonds. The van der Waals surface area contributed by atoms with Gasteiger partial charge in [-0.15, -0.1) is 11.8 Å². The lowest BCUT2D eigenvalue weighted by molar-refractivity contribution is -0.128. The van der Waals surface area contributed by atoms with E-state index in [4.69, 9.17) is 5.73 Å². The standard InChI is InChI=1S/C12H18N4OS/c13-10-8-15-4-2-11(10)18-9-12(17)16-6-1-3-14-5-7-16/h2,4,8,14H,1,3,5-7,9,13H2. The van der Waals surface area contributed by atoms with Crippen LogP contribution in [0.15, 0.2) is 23.4 Å². The third-order valence-corrected chi connectivity index (χ3v) is 3.93. The fourth-order valence-electron chi connectivity index (χ4n) is 1.85. The molecule has 0 radical (unpaired) electrons. The third-order valence-electron chi connectivity index (χ3n) is 2.85. The summed E-state index contributed by atoms with van der Waals surface area (Å²) >= 11 is 1.48. The second kappa shape index (κ2) is 6.61. The van der Waals surface area contributed by atoms with E-state index in [1.54, 1.807) is 12.4 Å². The number of nitrogens with two attached hydrogens (primary N) is 1. The van der Waals surface area contributed by atoms with Crippen molar-refractivity contribution in [3.8, 4) is 0 Å². The molecule has 0 unspecified atom stereocenters. The summed E-state index contributed by atoms with van der Waals surface area (Å²) in [5.41, 5.74) is 6.42. The monoisotopic (exact) mass is 266 g/mol. The first-order chi connectivity index (χ1) is 8.77. The van der Waals surface area contributed by atoms with E-state index in [0.717, 1.165) is 37.5 Å². The maximum Gasteiger partial charge on any atom is 0.232 e. The summed E-state index contributed by atoms with van der Waals surface area (Å²) in [7, 11) is 0. The van der Waals surface area contributed by atoms with Crippen molar-refractivity contribution in [1.82, 2.24) is 15.2 Å². The first kappa shape index (κ1) is 13.2. The van der Waals surface area contributed by atoms with Gasteiger partial charge in [0.25, 0.3) is 0 Å². The lowest BCUT2D eigenvalue weighted by Gasteiger charge is -2.19. The van der Waals surface area contributed by atoms with Crippen LogP contribution in [0.4, 0.5) is 5.69 Å². The smallest absolute Gasteiger partial charge is 0.232 e. The van der Waals surface area contributed by atoms with Gasteiger partial charge in [-0.05, 0) is 19.0 Å². The summed E-state index contributed by atoms with van der Waals surface area (Å²) in [5.74, 6) is 0.619. The number of anilines is 1. The van der Waals surface area contributed by atoms with Crippen molar-refractivity contribution in [2.24, 2.45) is 0 Å². The van der Waals surface area contributed by atoms with Crippen LogP contribution in [0.2, 0.25) is 0 Å². The number of hydrogen-bond acceptors (Lipinski definition) is 5. The number of carbonyl (C=O) groups is 1. The summed E-state index contributed by atoms with van der Waals surface area (Å²) < 4.78 is 0. The van der Waals surface area contributed by atoms with Crippen LogP contribution in [0.25, 0.3) is 0 Å². The average molecular weight is 266 g/mol. The van der Waals surface area contributed by atoms with Gasteiger partial charge in [0, 0.05) is 30.7 Å². The Balaban J connectivity index is 1.86. The molecule has 1 aromatic rings. The summed E-state index contributed by atoms with van der Waals surface area (Å²) in [5, 5.41) is 3.29. The van der Waals surface area contributed by atoms with E-state index in [2.05, 4.69) is 10.3 Å². The van der Waals surface area contributed by atoms with E-state index >= 15 is 0 Å². The maximum absolute atomic E-state index is 12.1. The average Bonchev–Trinajstić information content (AvgIpc) is 2.66. The Kier molecular flexibility index (Phi) is 4.83. The van der Waals surface area contributed by atoms with Crippen molar-refractivity contribution >= 4 is 23.4 Å². The summed E-state index contributed by atoms with van der Waals surface area (Å²) in [4.78, 5) is 18.8. The van der Waals surface area contributed by atoms with Crippen molar-refractivity contribution in [3.63, 3.8) is 0 Å². The number of rotatable bonds is 3. The first-order valence-electron chi connectivity index (χ1n) is 6.08. The second-order valence-electron chi connectivity index (χ2n) is 4.19. The van der Waals surface area contributed by atoms with Crippen molar-refractivity contribution < 1.29 is 4.79 Å². The topological polar surface area (TPSA) is 71.2 Å². The zero-order valence-electron chi connectivity index (χ0n) is 10.3. The SMILES string of the molecule is Nc1cnccc1SCC(=O)N1CCCNCC1. The molecule has 1 aromatic heterocycles. The van der Waals surface area contributed by atoms with Crippen molar-refractivity contribution in [2.75, 3.05) is 37.7 Å². The van der Waals surface area contributed by atoms with Gasteiger partial charge in [0.1, 0.15) is 0 Å². The zero-order valence-corrected chi connectivity index (χ0v) is 11.1. The van der Waals surface area contributed by atoms with Crippen molar-refractivity contribution in [3.05, 3.63) is 18.5 Å². The number of thioether (sulfide) groups is 1. The Morgan fingerprint density at radius 2 is 2.39 bits per heavy atom. The fourth-order valence-corrected chi connectivity index (χ4v) is 2.69. The molecular formula is C12H18N4OS. The number of nitrogens with zero attached hydrogens (tertiary/aromatic N) is 2. The highest BCUT2D eigenvalue weighted by atomic mass is 32.2. The number of carbonyl (C=O) groups excluding carboxylic acids is 1. The molecule has 0 saturated carbocycles. The minimum atomic E-state index is 0.180. The van der Waals surface area contributed by atoms with Crippen LogP contribution in [0, 0.1) is 0 Å². The Bertz CT molecular complexity index is 405. The summed E-state index contributed by atoms with van der Waals surface area (Å²) in [6, 6.07) is 1.84. The number of nitrogen functional groups attached to an aromatic ring is 1. The van der Waals surface area contributed by atoms with Crippen LogP contribution < -0.4 is 11.1 Å². The predicted molar refractivity (Wildman–Crippen MR) is 73.4 cm³/mol. The van der Waals surface area contributed by atoms with Crippen LogP contribution >= 0.6 is 11.8 Å². The highest BCUT2D eigenvalue weighted by Crippen LogP contribution is 2.23. The molecule has 98 valence electrons. The number of nitrogens with one attached hydrogen (secondary N) is 1. The number of hydrogen-bond donors (Lipinski definition) is 2. The molecule has 3 N–H and O–H groups in total. The molecule has 2 heterocycles. The van der Waals surface area contributed by atoms with Gasteiger partial charge in [-0.1, -0.05) is 0 Å². The van der Waals surface area contributed by atoms with E-state index in [-0.39, 0.29) is 5.91 Å². The van der Waals surface area contributed by atoms with Gasteiger partial charge in [-0.3, -0.25) is 9.78 Å². The van der Waals surface area contributed by atoms with Gasteiger partial charge in [0.05, 0.1) is 17.6 Å². The largest absolute Gasteiger partial charge is 0.397 e. The highest BCUT2D eigenvalue weighted by molar-refractivity contribution is 8.00. The Labute approximate surface area is 111 Å². The summed E-state index contributed by atoms with van der Waals surface area (Å²) in [6.45, 7) is 3.52. The molecule has 6 heteroatoms. The van der Waals surface area contributed by atoms with Crippen LogP contribution in [-0.4, -0.2) is 47.7 Å². The fraction of sp³-hybridized carbons (Fsp3) is 0.500. The van der Waals surface area contributed by atoms with E-state index in [9.17, 15) is 4.79 Å². The number of pyridine rings is 1. The molecule has 0 bridgehead atoms. The van der Waals surface area contributed by atoms with Crippen LogP contribution in [0.5, 0.6) is 0 Å². The third kappa shape index (κ3) is 3.61. The minimum absolute atomic E-state index is 0.180. The van der Waals surface area contributed by atoms with Crippen LogP contribution in [-0.2, 0) is 4.79 Å². The Morgan fingerprint density at radius 1 is 1.50 bits per heavy atom. The van der Waals surface area contributed by atoms with Gasteiger partial charge in [-0.2, -0.15) is 0 Å². The molecule has 0 aromatic carbocycles. The van der Waals surface area contributed by atoms with E-state index in [0.29, 0.717) is 11.4 Å². The quantitative estimate of drug-likeness (QED) is 0.783. The minimum Gasteiger partial charge on any atom is -0.397 e. The normalized spacial score (nSPS) is 16.3. The van der Waals surface area contributed by atoms with Gasteiger partial charge >= 0.3 is 0 Å². The van der Waals surface area contributed by atoms with Crippen molar-refractivity contribution in [1.29, 1.82) is 0 Å². The molecule has 0 aliphatic carbocycles. The van der Waals surface area contributed by atoms with E-state index in [1.165, 1.54) is 11.8 Å². The van der Waals surface area contributed by atoms with Crippen LogP contribution in [0.1, 0.15) is 6.42 Å².